The first-order valence-electron chi connectivity index (χ1n) is 4.84. The lowest BCUT2D eigenvalue weighted by atomic mass is 10.1. The number of aliphatic carboxylic acids is 1. The van der Waals surface area contributed by atoms with Crippen molar-refractivity contribution in [3.05, 3.63) is 35.4 Å². The minimum atomic E-state index is -4.41. The topological polar surface area (TPSA) is 58.9 Å². The molecule has 0 heterocycles. The number of rotatable bonds is 4. The third kappa shape index (κ3) is 3.76. The molecule has 4 nitrogen and oxygen atoms in total. The van der Waals surface area contributed by atoms with E-state index in [1.807, 2.05) is 0 Å². The van der Waals surface area contributed by atoms with E-state index in [2.05, 4.69) is 9.99 Å². The minimum absolute atomic E-state index is 0.110. The van der Waals surface area contributed by atoms with E-state index < -0.39 is 17.7 Å². The highest BCUT2D eigenvalue weighted by Gasteiger charge is 2.30. The molecule has 0 aliphatic heterocycles. The number of carbonyl (C=O) groups is 1. The van der Waals surface area contributed by atoms with Crippen LogP contribution in [0.25, 0.3) is 0 Å². The number of hydrogen-bond acceptors (Lipinski definition) is 3. The van der Waals surface area contributed by atoms with Crippen LogP contribution >= 0.6 is 0 Å². The number of halogens is 3. The highest BCUT2D eigenvalue weighted by Crippen LogP contribution is 2.29. The number of alkyl halides is 3. The van der Waals surface area contributed by atoms with Gasteiger partial charge in [0.05, 0.1) is 5.56 Å². The van der Waals surface area contributed by atoms with Crippen molar-refractivity contribution in [1.29, 1.82) is 0 Å². The molecule has 0 fully saturated rings. The van der Waals surface area contributed by atoms with Gasteiger partial charge >= 0.3 is 12.1 Å². The highest BCUT2D eigenvalue weighted by molar-refractivity contribution is 6.35. The second-order valence-electron chi connectivity index (χ2n) is 3.40. The maximum Gasteiger partial charge on any atom is 0.416 e. The summed E-state index contributed by atoms with van der Waals surface area (Å²) in [6.45, 7) is 0. The first-order chi connectivity index (χ1) is 8.34. The maximum atomic E-state index is 12.3. The van der Waals surface area contributed by atoms with Crippen LogP contribution in [0.15, 0.2) is 29.4 Å². The summed E-state index contributed by atoms with van der Waals surface area (Å²) in [5.74, 6) is -1.28. The van der Waals surface area contributed by atoms with Crippen molar-refractivity contribution < 1.29 is 27.9 Å². The lowest BCUT2D eigenvalue weighted by Gasteiger charge is -2.07. The number of hydrogen-bond donors (Lipinski definition) is 1. The van der Waals surface area contributed by atoms with Crippen molar-refractivity contribution in [2.75, 3.05) is 7.11 Å². The standard InChI is InChI=1S/C11H10F3NO3/c1-18-15-9(10(16)17)6-7-2-4-8(5-3-7)11(12,13)14/h2-5H,6H2,1H3,(H,16,17)/b15-9+. The predicted octanol–water partition coefficient (Wildman–Crippen LogP) is 2.33. The van der Waals surface area contributed by atoms with E-state index >= 15 is 0 Å². The third-order valence-corrected chi connectivity index (χ3v) is 2.10. The summed E-state index contributed by atoms with van der Waals surface area (Å²) in [4.78, 5) is 15.1. The van der Waals surface area contributed by atoms with Crippen molar-refractivity contribution >= 4 is 11.7 Å². The summed E-state index contributed by atoms with van der Waals surface area (Å²) >= 11 is 0. The van der Waals surface area contributed by atoms with Crippen LogP contribution in [0.1, 0.15) is 11.1 Å². The maximum absolute atomic E-state index is 12.3. The van der Waals surface area contributed by atoms with E-state index in [0.29, 0.717) is 5.56 Å². The van der Waals surface area contributed by atoms with Gasteiger partial charge in [0, 0.05) is 6.42 Å². The predicted molar refractivity (Wildman–Crippen MR) is 57.2 cm³/mol. The molecule has 1 N–H and O–H groups in total. The summed E-state index contributed by atoms with van der Waals surface area (Å²) in [6.07, 6.45) is -4.52. The largest absolute Gasteiger partial charge is 0.477 e. The lowest BCUT2D eigenvalue weighted by molar-refractivity contribution is -0.137. The first kappa shape index (κ1) is 14.0. The summed E-state index contributed by atoms with van der Waals surface area (Å²) in [6, 6.07) is 4.19. The fourth-order valence-electron chi connectivity index (χ4n) is 1.26. The van der Waals surface area contributed by atoms with Crippen molar-refractivity contribution in [2.45, 2.75) is 12.6 Å². The van der Waals surface area contributed by atoms with Crippen LogP contribution in [0.4, 0.5) is 13.2 Å². The molecule has 18 heavy (non-hydrogen) atoms. The normalized spacial score (nSPS) is 12.3. The molecule has 98 valence electrons. The average molecular weight is 261 g/mol. The fourth-order valence-corrected chi connectivity index (χ4v) is 1.26. The Hall–Kier alpha value is -2.05. The van der Waals surface area contributed by atoms with Gasteiger partial charge in [0.2, 0.25) is 0 Å². The molecule has 0 saturated carbocycles. The van der Waals surface area contributed by atoms with Gasteiger partial charge < -0.3 is 9.94 Å². The molecule has 1 rings (SSSR count). The Kier molecular flexibility index (Phi) is 4.30. The van der Waals surface area contributed by atoms with E-state index in [-0.39, 0.29) is 12.1 Å². The van der Waals surface area contributed by atoms with Gasteiger partial charge in [0.15, 0.2) is 5.71 Å². The second-order valence-corrected chi connectivity index (χ2v) is 3.40. The van der Waals surface area contributed by atoms with Gasteiger partial charge in [0.1, 0.15) is 7.11 Å². The van der Waals surface area contributed by atoms with Crippen LogP contribution in [0.2, 0.25) is 0 Å². The summed E-state index contributed by atoms with van der Waals surface area (Å²) in [5, 5.41) is 12.0. The second kappa shape index (κ2) is 5.52. The zero-order chi connectivity index (χ0) is 13.8. The van der Waals surface area contributed by atoms with Crippen molar-refractivity contribution in [2.24, 2.45) is 5.16 Å². The minimum Gasteiger partial charge on any atom is -0.477 e. The van der Waals surface area contributed by atoms with E-state index in [1.54, 1.807) is 0 Å². The molecule has 0 unspecified atom stereocenters. The van der Waals surface area contributed by atoms with Crippen LogP contribution < -0.4 is 0 Å². The van der Waals surface area contributed by atoms with Gasteiger partial charge in [-0.25, -0.2) is 4.79 Å². The fraction of sp³-hybridized carbons (Fsp3) is 0.273. The van der Waals surface area contributed by atoms with Gasteiger partial charge in [-0.1, -0.05) is 17.3 Å². The Morgan fingerprint density at radius 2 is 1.89 bits per heavy atom. The average Bonchev–Trinajstić information content (AvgIpc) is 2.28. The van der Waals surface area contributed by atoms with Crippen LogP contribution in [-0.4, -0.2) is 23.9 Å². The van der Waals surface area contributed by atoms with Gasteiger partial charge in [-0.05, 0) is 17.7 Å². The van der Waals surface area contributed by atoms with Crippen molar-refractivity contribution in [3.8, 4) is 0 Å². The molecule has 0 atom stereocenters. The van der Waals surface area contributed by atoms with E-state index in [0.717, 1.165) is 12.1 Å². The van der Waals surface area contributed by atoms with Crippen LogP contribution in [0.3, 0.4) is 0 Å². The Morgan fingerprint density at radius 1 is 1.33 bits per heavy atom. The third-order valence-electron chi connectivity index (χ3n) is 2.10. The number of carboxylic acids is 1. The summed E-state index contributed by atoms with van der Waals surface area (Å²) in [7, 11) is 1.19. The number of nitrogens with zero attached hydrogens (tertiary/aromatic N) is 1. The molecule has 0 aromatic heterocycles. The van der Waals surface area contributed by atoms with Gasteiger partial charge in [0.25, 0.3) is 0 Å². The number of carboxylic acid groups (broad SMARTS) is 1. The lowest BCUT2D eigenvalue weighted by Crippen LogP contribution is -2.16. The smallest absolute Gasteiger partial charge is 0.416 e. The molecule has 0 bridgehead atoms. The zero-order valence-electron chi connectivity index (χ0n) is 9.36. The molecule has 0 saturated heterocycles. The number of oxime groups is 1. The Bertz CT molecular complexity index is 452. The van der Waals surface area contributed by atoms with Gasteiger partial charge in [-0.15, -0.1) is 0 Å². The van der Waals surface area contributed by atoms with Gasteiger partial charge in [-0.3, -0.25) is 0 Å². The van der Waals surface area contributed by atoms with E-state index in [9.17, 15) is 18.0 Å². The van der Waals surface area contributed by atoms with Crippen LogP contribution in [0.5, 0.6) is 0 Å². The summed E-state index contributed by atoms with van der Waals surface area (Å²) in [5.41, 5.74) is -0.662. The molecule has 0 radical (unpaired) electrons. The Morgan fingerprint density at radius 3 is 2.28 bits per heavy atom. The Labute approximate surface area is 101 Å². The molecule has 0 aliphatic carbocycles. The van der Waals surface area contributed by atoms with Crippen LogP contribution in [0, 0.1) is 0 Å². The zero-order valence-corrected chi connectivity index (χ0v) is 9.36. The summed E-state index contributed by atoms with van der Waals surface area (Å²) < 4.78 is 36.9. The SMILES string of the molecule is CO/N=C(\Cc1ccc(C(F)(F)F)cc1)C(=O)O. The van der Waals surface area contributed by atoms with Crippen LogP contribution in [-0.2, 0) is 22.2 Å². The Balaban J connectivity index is 2.87. The quantitative estimate of drug-likeness (QED) is 0.668. The van der Waals surface area contributed by atoms with E-state index in [4.69, 9.17) is 5.11 Å². The highest BCUT2D eigenvalue weighted by atomic mass is 19.4. The molecule has 7 heteroatoms. The number of benzene rings is 1. The monoisotopic (exact) mass is 261 g/mol. The van der Waals surface area contributed by atoms with Gasteiger partial charge in [-0.2, -0.15) is 13.2 Å². The molecular weight excluding hydrogens is 251 g/mol. The van der Waals surface area contributed by atoms with Crippen molar-refractivity contribution in [1.82, 2.24) is 0 Å². The molecule has 0 amide bonds. The first-order valence-corrected chi connectivity index (χ1v) is 4.84. The molecule has 1 aromatic carbocycles. The molecule has 0 aliphatic rings. The van der Waals surface area contributed by atoms with Crippen molar-refractivity contribution in [3.63, 3.8) is 0 Å². The molecular formula is C11H10F3NO3. The molecule has 1 aromatic rings. The van der Waals surface area contributed by atoms with E-state index in [1.165, 1.54) is 19.2 Å². The molecule has 0 spiro atoms.